The van der Waals surface area contributed by atoms with Crippen LogP contribution in [0.1, 0.15) is 24.0 Å². The van der Waals surface area contributed by atoms with Gasteiger partial charge in [0.1, 0.15) is 5.78 Å². The summed E-state index contributed by atoms with van der Waals surface area (Å²) < 4.78 is 0. The number of benzene rings is 1. The Morgan fingerprint density at radius 1 is 1.50 bits per heavy atom. The van der Waals surface area contributed by atoms with Crippen molar-refractivity contribution < 1.29 is 4.79 Å². The van der Waals surface area contributed by atoms with Gasteiger partial charge in [0.25, 0.3) is 0 Å². The van der Waals surface area contributed by atoms with Crippen LogP contribution in [-0.4, -0.2) is 11.1 Å². The predicted molar refractivity (Wildman–Crippen MR) is 60.9 cm³/mol. The van der Waals surface area contributed by atoms with Crippen molar-refractivity contribution in [1.29, 1.82) is 0 Å². The van der Waals surface area contributed by atoms with Crippen LogP contribution in [0.3, 0.4) is 0 Å². The van der Waals surface area contributed by atoms with Gasteiger partial charge in [0.2, 0.25) is 0 Å². The molecule has 0 amide bonds. The molecule has 2 heteroatoms. The maximum absolute atomic E-state index is 11.6. The number of rotatable bonds is 2. The Labute approximate surface area is 92.6 Å². The number of Topliss-reactive ketones (excluding diaryl/α,β-unsaturated/α-hetero) is 1. The van der Waals surface area contributed by atoms with Crippen molar-refractivity contribution in [2.24, 2.45) is 5.92 Å². The monoisotopic (exact) mass is 252 g/mol. The molecule has 0 saturated carbocycles. The first kappa shape index (κ1) is 9.91. The summed E-state index contributed by atoms with van der Waals surface area (Å²) in [5.74, 6) is 0.900. The van der Waals surface area contributed by atoms with Crippen molar-refractivity contribution >= 4 is 21.7 Å². The van der Waals surface area contributed by atoms with E-state index in [0.29, 0.717) is 17.0 Å². The molecule has 74 valence electrons. The third-order valence-electron chi connectivity index (χ3n) is 3.13. The number of carbonyl (C=O) groups excluding carboxylic acids is 1. The number of alkyl halides is 1. The molecule has 0 radical (unpaired) electrons. The van der Waals surface area contributed by atoms with Crippen LogP contribution in [0.15, 0.2) is 24.3 Å². The molecule has 0 aromatic heterocycles. The van der Waals surface area contributed by atoms with Crippen LogP contribution in [0.4, 0.5) is 0 Å². The lowest BCUT2D eigenvalue weighted by atomic mass is 9.92. The quantitative estimate of drug-likeness (QED) is 0.740. The van der Waals surface area contributed by atoms with Gasteiger partial charge in [0, 0.05) is 5.92 Å². The van der Waals surface area contributed by atoms with E-state index in [-0.39, 0.29) is 5.92 Å². The first-order valence-corrected chi connectivity index (χ1v) is 6.02. The molecule has 0 N–H and O–H groups in total. The molecular weight excluding hydrogens is 240 g/mol. The van der Waals surface area contributed by atoms with E-state index in [1.165, 1.54) is 11.1 Å². The SMILES string of the molecule is CC1c2ccccc2CC1C(=O)CBr. The highest BCUT2D eigenvalue weighted by Gasteiger charge is 2.32. The van der Waals surface area contributed by atoms with E-state index in [1.54, 1.807) is 0 Å². The van der Waals surface area contributed by atoms with Gasteiger partial charge in [-0.2, -0.15) is 0 Å². The largest absolute Gasteiger partial charge is 0.298 e. The average molecular weight is 253 g/mol. The Hall–Kier alpha value is -0.630. The summed E-state index contributed by atoms with van der Waals surface area (Å²) in [7, 11) is 0. The van der Waals surface area contributed by atoms with Gasteiger partial charge in [-0.05, 0) is 23.5 Å². The summed E-state index contributed by atoms with van der Waals surface area (Å²) in [6, 6.07) is 8.37. The zero-order valence-electron chi connectivity index (χ0n) is 8.16. The molecule has 1 aliphatic carbocycles. The molecule has 0 bridgehead atoms. The molecule has 14 heavy (non-hydrogen) atoms. The van der Waals surface area contributed by atoms with Crippen LogP contribution in [-0.2, 0) is 11.2 Å². The minimum Gasteiger partial charge on any atom is -0.298 e. The number of fused-ring (bicyclic) bond motifs is 1. The van der Waals surface area contributed by atoms with Crippen LogP contribution in [0.25, 0.3) is 0 Å². The van der Waals surface area contributed by atoms with E-state index in [9.17, 15) is 4.79 Å². The number of ketones is 1. The lowest BCUT2D eigenvalue weighted by Gasteiger charge is -2.12. The molecule has 1 aliphatic rings. The summed E-state index contributed by atoms with van der Waals surface area (Å²) in [5, 5.41) is 0.482. The van der Waals surface area contributed by atoms with Crippen LogP contribution in [0.2, 0.25) is 0 Å². The van der Waals surface area contributed by atoms with E-state index in [4.69, 9.17) is 0 Å². The molecule has 0 aliphatic heterocycles. The minimum atomic E-state index is 0.187. The summed E-state index contributed by atoms with van der Waals surface area (Å²) in [6.07, 6.45) is 0.918. The topological polar surface area (TPSA) is 17.1 Å². The highest BCUT2D eigenvalue weighted by atomic mass is 79.9. The highest BCUT2D eigenvalue weighted by Crippen LogP contribution is 2.37. The molecule has 0 saturated heterocycles. The molecule has 2 atom stereocenters. The maximum atomic E-state index is 11.6. The van der Waals surface area contributed by atoms with E-state index in [2.05, 4.69) is 41.1 Å². The second-order valence-corrected chi connectivity index (χ2v) is 4.46. The fourth-order valence-electron chi connectivity index (χ4n) is 2.29. The second kappa shape index (κ2) is 3.85. The minimum absolute atomic E-state index is 0.187. The predicted octanol–water partition coefficient (Wildman–Crippen LogP) is 2.93. The third-order valence-corrected chi connectivity index (χ3v) is 3.69. The molecule has 1 nitrogen and oxygen atoms in total. The Morgan fingerprint density at radius 3 is 2.86 bits per heavy atom. The Kier molecular flexibility index (Phi) is 2.73. The van der Waals surface area contributed by atoms with E-state index in [1.807, 2.05) is 6.07 Å². The van der Waals surface area contributed by atoms with Crippen LogP contribution < -0.4 is 0 Å². The van der Waals surface area contributed by atoms with Gasteiger partial charge >= 0.3 is 0 Å². The smallest absolute Gasteiger partial charge is 0.147 e. The van der Waals surface area contributed by atoms with Crippen molar-refractivity contribution in [3.8, 4) is 0 Å². The van der Waals surface area contributed by atoms with Gasteiger partial charge in [0.05, 0.1) is 5.33 Å². The van der Waals surface area contributed by atoms with Crippen LogP contribution in [0, 0.1) is 5.92 Å². The molecule has 2 unspecified atom stereocenters. The van der Waals surface area contributed by atoms with Crippen molar-refractivity contribution in [1.82, 2.24) is 0 Å². The zero-order chi connectivity index (χ0) is 10.1. The lowest BCUT2D eigenvalue weighted by molar-refractivity contribution is -0.120. The van der Waals surface area contributed by atoms with Gasteiger partial charge in [-0.3, -0.25) is 4.79 Å². The van der Waals surface area contributed by atoms with Gasteiger partial charge in [-0.25, -0.2) is 0 Å². The van der Waals surface area contributed by atoms with Gasteiger partial charge < -0.3 is 0 Å². The third kappa shape index (κ3) is 1.52. The summed E-state index contributed by atoms with van der Waals surface area (Å²) in [5.41, 5.74) is 2.70. The van der Waals surface area contributed by atoms with Gasteiger partial charge in [-0.1, -0.05) is 47.1 Å². The highest BCUT2D eigenvalue weighted by molar-refractivity contribution is 9.09. The van der Waals surface area contributed by atoms with Crippen LogP contribution in [0.5, 0.6) is 0 Å². The molecule has 2 rings (SSSR count). The number of halogens is 1. The number of hydrogen-bond acceptors (Lipinski definition) is 1. The molecule has 1 aromatic rings. The van der Waals surface area contributed by atoms with Crippen molar-refractivity contribution in [2.75, 3.05) is 5.33 Å². The molecule has 0 spiro atoms. The van der Waals surface area contributed by atoms with Gasteiger partial charge in [0.15, 0.2) is 0 Å². The summed E-state index contributed by atoms with van der Waals surface area (Å²) in [6.45, 7) is 2.15. The normalized spacial score (nSPS) is 24.7. The molecule has 0 heterocycles. The second-order valence-electron chi connectivity index (χ2n) is 3.90. The van der Waals surface area contributed by atoms with E-state index >= 15 is 0 Å². The number of hydrogen-bond donors (Lipinski definition) is 0. The average Bonchev–Trinajstić information content (AvgIpc) is 2.56. The van der Waals surface area contributed by atoms with Crippen molar-refractivity contribution in [3.63, 3.8) is 0 Å². The summed E-state index contributed by atoms with van der Waals surface area (Å²) >= 11 is 3.25. The Balaban J connectivity index is 2.30. The summed E-state index contributed by atoms with van der Waals surface area (Å²) in [4.78, 5) is 11.6. The van der Waals surface area contributed by atoms with E-state index < -0.39 is 0 Å². The zero-order valence-corrected chi connectivity index (χ0v) is 9.75. The first-order valence-electron chi connectivity index (χ1n) is 4.90. The fourth-order valence-corrected chi connectivity index (χ4v) is 2.70. The van der Waals surface area contributed by atoms with Gasteiger partial charge in [-0.15, -0.1) is 0 Å². The van der Waals surface area contributed by atoms with E-state index in [0.717, 1.165) is 6.42 Å². The number of carbonyl (C=O) groups is 1. The molecule has 1 aromatic carbocycles. The van der Waals surface area contributed by atoms with Crippen molar-refractivity contribution in [3.05, 3.63) is 35.4 Å². The van der Waals surface area contributed by atoms with Crippen molar-refractivity contribution in [2.45, 2.75) is 19.3 Å². The molecular formula is C12H13BrO. The Morgan fingerprint density at radius 2 is 2.21 bits per heavy atom. The fraction of sp³-hybridized carbons (Fsp3) is 0.417. The lowest BCUT2D eigenvalue weighted by Crippen LogP contribution is -2.18. The molecule has 0 fully saturated rings. The van der Waals surface area contributed by atoms with Crippen LogP contribution >= 0.6 is 15.9 Å². The maximum Gasteiger partial charge on any atom is 0.147 e. The standard InChI is InChI=1S/C12H13BrO/c1-8-10-5-3-2-4-9(10)6-11(8)12(14)7-13/h2-5,8,11H,6-7H2,1H3. The first-order chi connectivity index (χ1) is 6.74. The Bertz CT molecular complexity index is 359.